The number of nitrogens with one attached hydrogen (secondary N) is 2. The molecule has 37 heavy (non-hydrogen) atoms. The molecule has 1 atom stereocenters. The van der Waals surface area contributed by atoms with Crippen LogP contribution in [0.2, 0.25) is 5.02 Å². The van der Waals surface area contributed by atoms with E-state index in [1.54, 1.807) is 32.2 Å². The Morgan fingerprint density at radius 2 is 2.00 bits per heavy atom. The summed E-state index contributed by atoms with van der Waals surface area (Å²) >= 11 is 6.61. The lowest BCUT2D eigenvalue weighted by atomic mass is 9.60. The first-order chi connectivity index (χ1) is 17.6. The Morgan fingerprint density at radius 1 is 1.30 bits per heavy atom. The fourth-order valence-corrected chi connectivity index (χ4v) is 5.62. The number of aromatic nitrogens is 2. The maximum absolute atomic E-state index is 12.6. The number of Topliss-reactive ketones (excluding diaryl/α,β-unsaturated/α-hetero) is 1. The quantitative estimate of drug-likeness (QED) is 0.344. The number of carbonyl (C=O) groups is 1. The lowest BCUT2D eigenvalue weighted by molar-refractivity contribution is -0.111. The monoisotopic (exact) mass is 528 g/mol. The molecular formula is C27H37ClN6O3. The van der Waals surface area contributed by atoms with Crippen molar-refractivity contribution in [2.24, 2.45) is 11.1 Å². The number of carbonyl (C=O) groups excluding carboxylic acids is 1. The van der Waals surface area contributed by atoms with Crippen LogP contribution in [0.4, 0.5) is 5.82 Å². The van der Waals surface area contributed by atoms with Crippen molar-refractivity contribution in [1.82, 2.24) is 20.6 Å². The third-order valence-corrected chi connectivity index (χ3v) is 7.61. The molecule has 0 unspecified atom stereocenters. The van der Waals surface area contributed by atoms with Gasteiger partial charge in [0.05, 0.1) is 16.3 Å². The van der Waals surface area contributed by atoms with Crippen LogP contribution in [-0.2, 0) is 4.79 Å². The summed E-state index contributed by atoms with van der Waals surface area (Å²) in [4.78, 5) is 24.6. The highest BCUT2D eigenvalue weighted by molar-refractivity contribution is 6.33. The summed E-state index contributed by atoms with van der Waals surface area (Å²) in [5.41, 5.74) is 9.17. The minimum atomic E-state index is -0.651. The van der Waals surface area contributed by atoms with E-state index in [-0.39, 0.29) is 12.4 Å². The van der Waals surface area contributed by atoms with Gasteiger partial charge in [0, 0.05) is 47.9 Å². The van der Waals surface area contributed by atoms with Crippen molar-refractivity contribution in [3.63, 3.8) is 0 Å². The van der Waals surface area contributed by atoms with Gasteiger partial charge in [-0.05, 0) is 65.9 Å². The van der Waals surface area contributed by atoms with E-state index in [1.165, 1.54) is 6.92 Å². The Labute approximate surface area is 223 Å². The van der Waals surface area contributed by atoms with Crippen LogP contribution in [0.25, 0.3) is 17.0 Å². The van der Waals surface area contributed by atoms with Gasteiger partial charge in [0.25, 0.3) is 0 Å². The Balaban J connectivity index is 1.73. The van der Waals surface area contributed by atoms with Gasteiger partial charge in [-0.15, -0.1) is 0 Å². The number of ether oxygens (including phenoxy) is 1. The smallest absolute Gasteiger partial charge is 0.163 e. The molecule has 0 bridgehead atoms. The molecule has 2 aliphatic rings. The van der Waals surface area contributed by atoms with Crippen LogP contribution in [0, 0.1) is 12.3 Å². The van der Waals surface area contributed by atoms with Gasteiger partial charge >= 0.3 is 0 Å². The number of hydrogen-bond acceptors (Lipinski definition) is 9. The number of halogens is 1. The van der Waals surface area contributed by atoms with Crippen molar-refractivity contribution < 1.29 is 14.6 Å². The average Bonchev–Trinajstić information content (AvgIpc) is 2.78. The highest BCUT2D eigenvalue weighted by Crippen LogP contribution is 2.50. The average molecular weight is 529 g/mol. The third kappa shape index (κ3) is 5.60. The van der Waals surface area contributed by atoms with E-state index in [4.69, 9.17) is 32.0 Å². The van der Waals surface area contributed by atoms with E-state index >= 15 is 0 Å². The van der Waals surface area contributed by atoms with Gasteiger partial charge in [-0.25, -0.2) is 9.97 Å². The standard InChI is InChI=1S/C27H37ClN6O3/c1-15-24(23(16(2)29)17(3)35)32-25(33-26(15)34-13-27(14-34)9-18(10-27)31-5)21-8-20(6-7-22(21)28)37-12-19(36)11-30-4/h6-8,18-19,30-31,36H,9-14,29H2,1-5H3/t19-/m1/s1. The first-order valence-corrected chi connectivity index (χ1v) is 13.0. The summed E-state index contributed by atoms with van der Waals surface area (Å²) in [6, 6.07) is 5.80. The first-order valence-electron chi connectivity index (χ1n) is 12.6. The second-order valence-electron chi connectivity index (χ2n) is 10.4. The van der Waals surface area contributed by atoms with Crippen LogP contribution < -0.4 is 26.0 Å². The summed E-state index contributed by atoms with van der Waals surface area (Å²) < 4.78 is 5.79. The van der Waals surface area contributed by atoms with Gasteiger partial charge in [0.2, 0.25) is 0 Å². The van der Waals surface area contributed by atoms with Crippen molar-refractivity contribution in [3.05, 3.63) is 40.2 Å². The molecule has 0 radical (unpaired) electrons. The topological polar surface area (TPSA) is 126 Å². The molecule has 2 aromatic rings. The van der Waals surface area contributed by atoms with Crippen LogP contribution in [0.3, 0.4) is 0 Å². The molecule has 1 aromatic heterocycles. The number of nitrogens with two attached hydrogens (primary N) is 1. The third-order valence-electron chi connectivity index (χ3n) is 7.28. The molecule has 200 valence electrons. The maximum atomic E-state index is 12.6. The van der Waals surface area contributed by atoms with Crippen molar-refractivity contribution >= 4 is 28.8 Å². The lowest BCUT2D eigenvalue weighted by Crippen LogP contribution is -2.66. The van der Waals surface area contributed by atoms with Crippen LogP contribution in [0.1, 0.15) is 37.9 Å². The normalized spacial score (nSPS) is 18.2. The second-order valence-corrected chi connectivity index (χ2v) is 10.8. The molecule has 9 nitrogen and oxygen atoms in total. The summed E-state index contributed by atoms with van der Waals surface area (Å²) in [6.45, 7) is 7.49. The number of benzene rings is 1. The molecule has 2 heterocycles. The van der Waals surface area contributed by atoms with E-state index in [9.17, 15) is 9.90 Å². The second kappa shape index (κ2) is 10.9. The molecule has 5 N–H and O–H groups in total. The Morgan fingerprint density at radius 3 is 2.59 bits per heavy atom. The molecule has 10 heteroatoms. The summed E-state index contributed by atoms with van der Waals surface area (Å²) in [5, 5.41) is 16.7. The summed E-state index contributed by atoms with van der Waals surface area (Å²) in [6.07, 6.45) is 1.64. The van der Waals surface area contributed by atoms with Crippen LogP contribution in [0.5, 0.6) is 5.75 Å². The molecule has 1 spiro atoms. The number of nitrogens with zero attached hydrogens (tertiary/aromatic N) is 3. The van der Waals surface area contributed by atoms with Gasteiger partial charge in [0.1, 0.15) is 24.3 Å². The van der Waals surface area contributed by atoms with Crippen molar-refractivity contribution in [2.75, 3.05) is 45.2 Å². The van der Waals surface area contributed by atoms with Gasteiger partial charge in [-0.1, -0.05) is 11.6 Å². The molecule has 1 saturated heterocycles. The Kier molecular flexibility index (Phi) is 8.08. The molecule has 4 rings (SSSR count). The van der Waals surface area contributed by atoms with E-state index in [2.05, 4.69) is 15.5 Å². The van der Waals surface area contributed by atoms with E-state index < -0.39 is 6.10 Å². The predicted molar refractivity (Wildman–Crippen MR) is 147 cm³/mol. The number of aliphatic hydroxyl groups is 1. The van der Waals surface area contributed by atoms with E-state index in [1.807, 2.05) is 14.0 Å². The number of likely N-dealkylation sites (N-methyl/N-ethyl adjacent to an activating group) is 1. The molecule has 1 aliphatic carbocycles. The fourth-order valence-electron chi connectivity index (χ4n) is 5.42. The van der Waals surface area contributed by atoms with Crippen LogP contribution in [-0.4, -0.2) is 73.3 Å². The zero-order valence-electron chi connectivity index (χ0n) is 22.2. The van der Waals surface area contributed by atoms with Gasteiger partial charge in [-0.3, -0.25) is 4.79 Å². The SMILES string of the molecule is CNC[C@@H](O)COc1ccc(Cl)c(-c2nc(C(C(C)=O)=C(C)N)c(C)c(N3CC4(CC(NC)C4)C3)n2)c1. The molecular weight excluding hydrogens is 492 g/mol. The maximum Gasteiger partial charge on any atom is 0.163 e. The van der Waals surface area contributed by atoms with E-state index in [0.717, 1.165) is 37.3 Å². The first kappa shape index (κ1) is 27.3. The van der Waals surface area contributed by atoms with Crippen molar-refractivity contribution in [3.8, 4) is 17.1 Å². The molecule has 1 saturated carbocycles. The molecule has 0 amide bonds. The largest absolute Gasteiger partial charge is 0.491 e. The van der Waals surface area contributed by atoms with E-state index in [0.29, 0.717) is 57.1 Å². The fraction of sp³-hybridized carbons (Fsp3) is 0.519. The predicted octanol–water partition coefficient (Wildman–Crippen LogP) is 2.53. The zero-order valence-corrected chi connectivity index (χ0v) is 22.9. The van der Waals surface area contributed by atoms with Crippen molar-refractivity contribution in [1.29, 1.82) is 0 Å². The van der Waals surface area contributed by atoms with Gasteiger partial charge < -0.3 is 31.1 Å². The Hall–Kier alpha value is -2.72. The zero-order chi connectivity index (χ0) is 26.9. The number of rotatable bonds is 10. The highest BCUT2D eigenvalue weighted by atomic mass is 35.5. The van der Waals surface area contributed by atoms with Gasteiger partial charge in [0.15, 0.2) is 11.6 Å². The molecule has 1 aromatic carbocycles. The minimum absolute atomic E-state index is 0.125. The minimum Gasteiger partial charge on any atom is -0.491 e. The molecule has 2 fully saturated rings. The lowest BCUT2D eigenvalue weighted by Gasteiger charge is -2.59. The number of ketones is 1. The van der Waals surface area contributed by atoms with Gasteiger partial charge in [-0.2, -0.15) is 0 Å². The number of aliphatic hydroxyl groups excluding tert-OH is 1. The number of allylic oxidation sites excluding steroid dienone is 2. The number of hydrogen-bond donors (Lipinski definition) is 4. The van der Waals surface area contributed by atoms with Crippen molar-refractivity contribution in [2.45, 2.75) is 45.8 Å². The number of anilines is 1. The summed E-state index contributed by atoms with van der Waals surface area (Å²) in [5.74, 6) is 1.56. The summed E-state index contributed by atoms with van der Waals surface area (Å²) in [7, 11) is 3.78. The van der Waals surface area contributed by atoms with Crippen LogP contribution >= 0.6 is 11.6 Å². The Bertz CT molecular complexity index is 1200. The highest BCUT2D eigenvalue weighted by Gasteiger charge is 2.52. The van der Waals surface area contributed by atoms with Crippen LogP contribution in [0.15, 0.2) is 23.9 Å². The molecule has 1 aliphatic heterocycles.